The zero-order valence-electron chi connectivity index (χ0n) is 11.7. The number of methoxy groups -OCH3 is 1. The Kier molecular flexibility index (Phi) is 5.04. The minimum absolute atomic E-state index is 0.00394. The van der Waals surface area contributed by atoms with Gasteiger partial charge >= 0.3 is 0 Å². The molecule has 0 saturated carbocycles. The van der Waals surface area contributed by atoms with Crippen LogP contribution < -0.4 is 9.47 Å². The molecule has 5 heteroatoms. The van der Waals surface area contributed by atoms with E-state index in [1.54, 1.807) is 18.2 Å². The summed E-state index contributed by atoms with van der Waals surface area (Å²) in [5, 5.41) is 9.82. The molecule has 0 aliphatic rings. The van der Waals surface area contributed by atoms with E-state index in [-0.39, 0.29) is 18.3 Å². The summed E-state index contributed by atoms with van der Waals surface area (Å²) in [6.45, 7) is 8.90. The Bertz CT molecular complexity index is 387. The highest BCUT2D eigenvalue weighted by Crippen LogP contribution is 2.35. The van der Waals surface area contributed by atoms with Crippen LogP contribution in [0.4, 0.5) is 0 Å². The van der Waals surface area contributed by atoms with Gasteiger partial charge < -0.3 is 19.3 Å². The van der Waals surface area contributed by atoms with E-state index < -0.39 is 8.07 Å². The molecule has 0 amide bonds. The number of para-hydroxylation sites is 1. The molecule has 0 heterocycles. The highest BCUT2D eigenvalue weighted by Gasteiger charge is 2.23. The number of hydrogen-bond donors (Lipinski definition) is 1. The molecule has 0 aliphatic heterocycles. The van der Waals surface area contributed by atoms with Crippen LogP contribution in [0.5, 0.6) is 17.2 Å². The lowest BCUT2D eigenvalue weighted by Gasteiger charge is -2.25. The molecule has 0 radical (unpaired) electrons. The van der Waals surface area contributed by atoms with Crippen LogP contribution in [0.3, 0.4) is 0 Å². The van der Waals surface area contributed by atoms with E-state index in [0.29, 0.717) is 11.5 Å². The first-order chi connectivity index (χ1) is 8.36. The summed E-state index contributed by atoms with van der Waals surface area (Å²) in [4.78, 5) is 0. The Morgan fingerprint density at radius 3 is 2.39 bits per heavy atom. The fourth-order valence-electron chi connectivity index (χ4n) is 1.23. The quantitative estimate of drug-likeness (QED) is 0.637. The SMILES string of the molecule is COc1cccc(OCOC(C)[Si](C)(C)C)c1O. The van der Waals surface area contributed by atoms with Crippen molar-refractivity contribution in [2.24, 2.45) is 0 Å². The van der Waals surface area contributed by atoms with Crippen LogP contribution >= 0.6 is 0 Å². The van der Waals surface area contributed by atoms with Crippen molar-refractivity contribution < 1.29 is 19.3 Å². The smallest absolute Gasteiger partial charge is 0.200 e. The standard InChI is InChI=1S/C13H22O4Si/c1-10(18(3,4)5)16-9-17-12-8-6-7-11(15-2)13(12)14/h6-8,10,14H,9H2,1-5H3. The first kappa shape index (κ1) is 14.9. The number of aromatic hydroxyl groups is 1. The van der Waals surface area contributed by atoms with Crippen LogP contribution in [-0.4, -0.2) is 32.8 Å². The maximum atomic E-state index is 9.82. The number of benzene rings is 1. The number of rotatable bonds is 6. The van der Waals surface area contributed by atoms with Crippen LogP contribution in [0.15, 0.2) is 18.2 Å². The van der Waals surface area contributed by atoms with E-state index in [4.69, 9.17) is 14.2 Å². The molecular weight excluding hydrogens is 248 g/mol. The van der Waals surface area contributed by atoms with Gasteiger partial charge in [-0.15, -0.1) is 0 Å². The fraction of sp³-hybridized carbons (Fsp3) is 0.538. The molecule has 0 bridgehead atoms. The molecule has 4 nitrogen and oxygen atoms in total. The van der Waals surface area contributed by atoms with E-state index in [1.807, 2.05) is 0 Å². The third-order valence-corrected chi connectivity index (χ3v) is 5.54. The Labute approximate surface area is 110 Å². The Hall–Kier alpha value is -1.20. The van der Waals surface area contributed by atoms with E-state index in [1.165, 1.54) is 7.11 Å². The second-order valence-electron chi connectivity index (χ2n) is 5.24. The second kappa shape index (κ2) is 6.11. The van der Waals surface area contributed by atoms with Crippen molar-refractivity contribution in [3.05, 3.63) is 18.2 Å². The third-order valence-electron chi connectivity index (χ3n) is 2.93. The van der Waals surface area contributed by atoms with E-state index in [2.05, 4.69) is 26.6 Å². The number of phenolic OH excluding ortho intramolecular Hbond substituents is 1. The molecule has 18 heavy (non-hydrogen) atoms. The topological polar surface area (TPSA) is 47.9 Å². The third kappa shape index (κ3) is 3.92. The van der Waals surface area contributed by atoms with Crippen LogP contribution in [0.25, 0.3) is 0 Å². The van der Waals surface area contributed by atoms with Crippen molar-refractivity contribution in [2.75, 3.05) is 13.9 Å². The van der Waals surface area contributed by atoms with Gasteiger partial charge in [0.2, 0.25) is 5.75 Å². The van der Waals surface area contributed by atoms with Gasteiger partial charge in [0.05, 0.1) is 15.2 Å². The van der Waals surface area contributed by atoms with E-state index >= 15 is 0 Å². The van der Waals surface area contributed by atoms with Gasteiger partial charge in [-0.05, 0) is 19.1 Å². The van der Waals surface area contributed by atoms with Crippen molar-refractivity contribution >= 4 is 8.07 Å². The summed E-state index contributed by atoms with van der Waals surface area (Å²) < 4.78 is 16.0. The average molecular weight is 270 g/mol. The largest absolute Gasteiger partial charge is 0.502 e. The molecular formula is C13H22O4Si. The molecule has 1 atom stereocenters. The minimum Gasteiger partial charge on any atom is -0.502 e. The predicted molar refractivity (Wildman–Crippen MR) is 74.0 cm³/mol. The number of phenols is 1. The van der Waals surface area contributed by atoms with Crippen LogP contribution in [0.1, 0.15) is 6.92 Å². The summed E-state index contributed by atoms with van der Waals surface area (Å²) in [5.74, 6) is 0.770. The van der Waals surface area contributed by atoms with E-state index in [0.717, 1.165) is 0 Å². The molecule has 0 aliphatic carbocycles. The van der Waals surface area contributed by atoms with Crippen molar-refractivity contribution in [1.29, 1.82) is 0 Å². The first-order valence-corrected chi connectivity index (χ1v) is 9.54. The van der Waals surface area contributed by atoms with Gasteiger partial charge in [-0.1, -0.05) is 25.7 Å². The molecule has 1 aromatic rings. The molecule has 102 valence electrons. The summed E-state index contributed by atoms with van der Waals surface area (Å²) in [6.07, 6.45) is 0. The Morgan fingerprint density at radius 1 is 1.22 bits per heavy atom. The van der Waals surface area contributed by atoms with Gasteiger partial charge in [0.1, 0.15) is 0 Å². The maximum absolute atomic E-state index is 9.82. The Balaban J connectivity index is 2.55. The molecule has 0 fully saturated rings. The molecule has 1 rings (SSSR count). The first-order valence-electron chi connectivity index (χ1n) is 5.96. The zero-order chi connectivity index (χ0) is 13.8. The molecule has 0 aromatic heterocycles. The van der Waals surface area contributed by atoms with Crippen LogP contribution in [-0.2, 0) is 4.74 Å². The lowest BCUT2D eigenvalue weighted by Crippen LogP contribution is -2.38. The average Bonchev–Trinajstić information content (AvgIpc) is 2.30. The van der Waals surface area contributed by atoms with Crippen molar-refractivity contribution in [1.82, 2.24) is 0 Å². The zero-order valence-corrected chi connectivity index (χ0v) is 12.7. The summed E-state index contributed by atoms with van der Waals surface area (Å²) in [6, 6.07) is 5.12. The van der Waals surface area contributed by atoms with Crippen molar-refractivity contribution in [3.8, 4) is 17.2 Å². The number of ether oxygens (including phenoxy) is 3. The highest BCUT2D eigenvalue weighted by atomic mass is 28.3. The highest BCUT2D eigenvalue weighted by molar-refractivity contribution is 6.77. The molecule has 1 N–H and O–H groups in total. The summed E-state index contributed by atoms with van der Waals surface area (Å²) in [7, 11) is 0.183. The lowest BCUT2D eigenvalue weighted by atomic mass is 10.3. The van der Waals surface area contributed by atoms with E-state index in [9.17, 15) is 5.11 Å². The fourth-order valence-corrected chi connectivity index (χ4v) is 1.80. The summed E-state index contributed by atoms with van der Waals surface area (Å²) in [5.41, 5.74) is 0.199. The molecule has 0 spiro atoms. The molecule has 1 aromatic carbocycles. The lowest BCUT2D eigenvalue weighted by molar-refractivity contribution is -0.00108. The van der Waals surface area contributed by atoms with Gasteiger partial charge in [-0.2, -0.15) is 0 Å². The minimum atomic E-state index is -1.32. The van der Waals surface area contributed by atoms with Gasteiger partial charge in [-0.25, -0.2) is 0 Å². The monoisotopic (exact) mass is 270 g/mol. The normalized spacial score (nSPS) is 13.2. The van der Waals surface area contributed by atoms with Crippen molar-refractivity contribution in [3.63, 3.8) is 0 Å². The van der Waals surface area contributed by atoms with Gasteiger partial charge in [-0.3, -0.25) is 0 Å². The molecule has 1 unspecified atom stereocenters. The summed E-state index contributed by atoms with van der Waals surface area (Å²) >= 11 is 0. The number of hydrogen-bond acceptors (Lipinski definition) is 4. The van der Waals surface area contributed by atoms with Crippen molar-refractivity contribution in [2.45, 2.75) is 32.3 Å². The molecule has 0 saturated heterocycles. The van der Waals surface area contributed by atoms with Crippen LogP contribution in [0, 0.1) is 0 Å². The Morgan fingerprint density at radius 2 is 1.83 bits per heavy atom. The maximum Gasteiger partial charge on any atom is 0.200 e. The van der Waals surface area contributed by atoms with Gasteiger partial charge in [0.15, 0.2) is 18.3 Å². The van der Waals surface area contributed by atoms with Gasteiger partial charge in [0, 0.05) is 5.73 Å². The van der Waals surface area contributed by atoms with Crippen LogP contribution in [0.2, 0.25) is 19.6 Å². The second-order valence-corrected chi connectivity index (χ2v) is 10.8. The predicted octanol–water partition coefficient (Wildman–Crippen LogP) is 3.02. The van der Waals surface area contributed by atoms with Gasteiger partial charge in [0.25, 0.3) is 0 Å².